The van der Waals surface area contributed by atoms with Gasteiger partial charge in [-0.05, 0) is 12.1 Å². The molecule has 1 aliphatic heterocycles. The lowest BCUT2D eigenvalue weighted by Crippen LogP contribution is -2.37. The maximum Gasteiger partial charge on any atom is 0.242 e. The lowest BCUT2D eigenvalue weighted by Gasteiger charge is -2.12. The highest BCUT2D eigenvalue weighted by molar-refractivity contribution is 7.99. The first-order valence-corrected chi connectivity index (χ1v) is 9.68. The number of hydrogen-bond acceptors (Lipinski definition) is 6. The highest BCUT2D eigenvalue weighted by atomic mass is 32.2. The van der Waals surface area contributed by atoms with E-state index in [0.717, 1.165) is 11.6 Å². The molecule has 1 aromatic rings. The van der Waals surface area contributed by atoms with Crippen LogP contribution in [0.25, 0.3) is 0 Å². The SMILES string of the molecule is CS(=O)(=O)CCOc1cccc(NC(=O)C2CSCN2)c1. The summed E-state index contributed by atoms with van der Waals surface area (Å²) in [5, 5.41) is 5.91. The second kappa shape index (κ2) is 7.15. The Hall–Kier alpha value is -1.25. The molecule has 8 heteroatoms. The molecule has 0 bridgehead atoms. The summed E-state index contributed by atoms with van der Waals surface area (Å²) in [6, 6.07) is 6.75. The van der Waals surface area contributed by atoms with Gasteiger partial charge in [0.1, 0.15) is 12.4 Å². The number of nitrogens with one attached hydrogen (secondary N) is 2. The van der Waals surface area contributed by atoms with Crippen LogP contribution in [-0.4, -0.2) is 50.6 Å². The van der Waals surface area contributed by atoms with Gasteiger partial charge in [0.2, 0.25) is 5.91 Å². The molecule has 1 heterocycles. The zero-order valence-corrected chi connectivity index (χ0v) is 13.3. The van der Waals surface area contributed by atoms with E-state index in [-0.39, 0.29) is 24.3 Å². The first-order valence-electron chi connectivity index (χ1n) is 6.47. The average molecular weight is 330 g/mol. The number of rotatable bonds is 6. The van der Waals surface area contributed by atoms with Gasteiger partial charge in [-0.2, -0.15) is 0 Å². The van der Waals surface area contributed by atoms with Crippen molar-refractivity contribution in [3.05, 3.63) is 24.3 Å². The van der Waals surface area contributed by atoms with Gasteiger partial charge in [0.05, 0.1) is 11.8 Å². The van der Waals surface area contributed by atoms with Gasteiger partial charge >= 0.3 is 0 Å². The van der Waals surface area contributed by atoms with E-state index in [4.69, 9.17) is 4.74 Å². The van der Waals surface area contributed by atoms with E-state index in [1.807, 2.05) is 0 Å². The van der Waals surface area contributed by atoms with Crippen molar-refractivity contribution >= 4 is 33.2 Å². The van der Waals surface area contributed by atoms with Gasteiger partial charge in [-0.3, -0.25) is 10.1 Å². The number of benzene rings is 1. The van der Waals surface area contributed by atoms with Crippen LogP contribution in [0.5, 0.6) is 5.75 Å². The molecule has 1 atom stereocenters. The Labute approximate surface area is 128 Å². The molecule has 0 aromatic heterocycles. The van der Waals surface area contributed by atoms with Gasteiger partial charge in [-0.15, -0.1) is 11.8 Å². The monoisotopic (exact) mass is 330 g/mol. The molecule has 2 N–H and O–H groups in total. The molecule has 6 nitrogen and oxygen atoms in total. The Bertz CT molecular complexity index is 598. The average Bonchev–Trinajstić information content (AvgIpc) is 2.91. The summed E-state index contributed by atoms with van der Waals surface area (Å²) >= 11 is 1.68. The van der Waals surface area contributed by atoms with Crippen LogP contribution in [0.15, 0.2) is 24.3 Å². The fourth-order valence-electron chi connectivity index (χ4n) is 1.77. The van der Waals surface area contributed by atoms with Crippen LogP contribution in [-0.2, 0) is 14.6 Å². The summed E-state index contributed by atoms with van der Waals surface area (Å²) in [7, 11) is -3.04. The maximum atomic E-state index is 12.0. The highest BCUT2D eigenvalue weighted by Crippen LogP contribution is 2.18. The number of sulfone groups is 1. The number of carbonyl (C=O) groups is 1. The van der Waals surface area contributed by atoms with Crippen molar-refractivity contribution in [1.82, 2.24) is 5.32 Å². The summed E-state index contributed by atoms with van der Waals surface area (Å²) < 4.78 is 27.4. The number of thioether (sulfide) groups is 1. The van der Waals surface area contributed by atoms with Crippen LogP contribution in [0.3, 0.4) is 0 Å². The van der Waals surface area contributed by atoms with Gasteiger partial charge in [-0.1, -0.05) is 6.07 Å². The molecule has 1 aromatic carbocycles. The van der Waals surface area contributed by atoms with Crippen molar-refractivity contribution in [1.29, 1.82) is 0 Å². The van der Waals surface area contributed by atoms with Crippen LogP contribution in [0.1, 0.15) is 0 Å². The number of ether oxygens (including phenoxy) is 1. The molecule has 1 aliphatic rings. The summed E-state index contributed by atoms with van der Waals surface area (Å²) in [5.74, 6) is 1.97. The molecule has 21 heavy (non-hydrogen) atoms. The molecule has 1 fully saturated rings. The minimum Gasteiger partial charge on any atom is -0.492 e. The van der Waals surface area contributed by atoms with E-state index in [9.17, 15) is 13.2 Å². The van der Waals surface area contributed by atoms with Crippen molar-refractivity contribution in [2.75, 3.05) is 35.6 Å². The van der Waals surface area contributed by atoms with Crippen molar-refractivity contribution in [3.63, 3.8) is 0 Å². The molecule has 0 saturated carbocycles. The number of carbonyl (C=O) groups excluding carboxylic acids is 1. The summed E-state index contributed by atoms with van der Waals surface area (Å²) in [6.07, 6.45) is 1.17. The normalized spacial score (nSPS) is 18.4. The molecule has 0 radical (unpaired) electrons. The zero-order valence-electron chi connectivity index (χ0n) is 11.7. The number of anilines is 1. The Morgan fingerprint density at radius 3 is 3.00 bits per heavy atom. The van der Waals surface area contributed by atoms with Crippen LogP contribution in [0, 0.1) is 0 Å². The lowest BCUT2D eigenvalue weighted by atomic mass is 10.2. The van der Waals surface area contributed by atoms with Gasteiger partial charge in [0.15, 0.2) is 9.84 Å². The molecular weight excluding hydrogens is 312 g/mol. The van der Waals surface area contributed by atoms with Crippen molar-refractivity contribution in [2.24, 2.45) is 0 Å². The topological polar surface area (TPSA) is 84.5 Å². The van der Waals surface area contributed by atoms with E-state index in [1.54, 1.807) is 36.0 Å². The summed E-state index contributed by atoms with van der Waals surface area (Å²) in [6.45, 7) is 0.0943. The fraction of sp³-hybridized carbons (Fsp3) is 0.462. The molecule has 1 saturated heterocycles. The molecule has 0 aliphatic carbocycles. The van der Waals surface area contributed by atoms with E-state index in [2.05, 4.69) is 10.6 Å². The quantitative estimate of drug-likeness (QED) is 0.799. The standard InChI is InChI=1S/C13H18N2O4S2/c1-21(17,18)6-5-19-11-4-2-3-10(7-11)15-13(16)12-8-20-9-14-12/h2-4,7,12,14H,5-6,8-9H2,1H3,(H,15,16). The molecule has 116 valence electrons. The summed E-state index contributed by atoms with van der Waals surface area (Å²) in [5.41, 5.74) is 0.635. The third-order valence-electron chi connectivity index (χ3n) is 2.86. The second-order valence-corrected chi connectivity index (χ2v) is 8.06. The summed E-state index contributed by atoms with van der Waals surface area (Å²) in [4.78, 5) is 12.0. The molecule has 1 amide bonds. The molecule has 1 unspecified atom stereocenters. The largest absolute Gasteiger partial charge is 0.492 e. The fourth-order valence-corrected chi connectivity index (χ4v) is 3.10. The highest BCUT2D eigenvalue weighted by Gasteiger charge is 2.22. The van der Waals surface area contributed by atoms with Gasteiger partial charge in [0.25, 0.3) is 0 Å². The van der Waals surface area contributed by atoms with E-state index >= 15 is 0 Å². The molecule has 2 rings (SSSR count). The van der Waals surface area contributed by atoms with Gasteiger partial charge in [-0.25, -0.2) is 8.42 Å². The maximum absolute atomic E-state index is 12.0. The lowest BCUT2D eigenvalue weighted by molar-refractivity contribution is -0.117. The zero-order chi connectivity index (χ0) is 15.3. The van der Waals surface area contributed by atoms with Crippen molar-refractivity contribution in [2.45, 2.75) is 6.04 Å². The Kier molecular flexibility index (Phi) is 5.49. The minimum atomic E-state index is -3.04. The van der Waals surface area contributed by atoms with Crippen molar-refractivity contribution in [3.8, 4) is 5.75 Å². The Morgan fingerprint density at radius 1 is 1.52 bits per heavy atom. The Balaban J connectivity index is 1.89. The van der Waals surface area contributed by atoms with Crippen LogP contribution < -0.4 is 15.4 Å². The third kappa shape index (κ3) is 5.56. The van der Waals surface area contributed by atoms with E-state index in [1.165, 1.54) is 6.26 Å². The Morgan fingerprint density at radius 2 is 2.33 bits per heavy atom. The number of amides is 1. The van der Waals surface area contributed by atoms with Crippen LogP contribution >= 0.6 is 11.8 Å². The second-order valence-electron chi connectivity index (χ2n) is 4.77. The smallest absolute Gasteiger partial charge is 0.242 e. The molecule has 0 spiro atoms. The van der Waals surface area contributed by atoms with Crippen LogP contribution in [0.2, 0.25) is 0 Å². The van der Waals surface area contributed by atoms with E-state index in [0.29, 0.717) is 11.4 Å². The predicted octanol–water partition coefficient (Wildman–Crippen LogP) is 0.711. The van der Waals surface area contributed by atoms with E-state index < -0.39 is 9.84 Å². The first-order chi connectivity index (χ1) is 9.94. The predicted molar refractivity (Wildman–Crippen MR) is 84.5 cm³/mol. The molecular formula is C13H18N2O4S2. The number of hydrogen-bond donors (Lipinski definition) is 2. The third-order valence-corrected chi connectivity index (χ3v) is 4.71. The van der Waals surface area contributed by atoms with Gasteiger partial charge in [0, 0.05) is 29.6 Å². The minimum absolute atomic E-state index is 0.0349. The van der Waals surface area contributed by atoms with Crippen LogP contribution in [0.4, 0.5) is 5.69 Å². The van der Waals surface area contributed by atoms with Gasteiger partial charge < -0.3 is 10.1 Å². The first kappa shape index (κ1) is 16.1. The van der Waals surface area contributed by atoms with Crippen molar-refractivity contribution < 1.29 is 17.9 Å².